The third-order valence-electron chi connectivity index (χ3n) is 3.62. The van der Waals surface area contributed by atoms with E-state index in [-0.39, 0.29) is 0 Å². The summed E-state index contributed by atoms with van der Waals surface area (Å²) in [6.07, 6.45) is 0. The standard InChI is InChI=1S/C15H26N2/c1-6-17(7-2)11-15(16-5)14-9-8-12(3)13(4)10-14/h8-10,15-16H,6-7,11H2,1-5H3. The highest BCUT2D eigenvalue weighted by Gasteiger charge is 2.12. The van der Waals surface area contributed by atoms with Crippen LogP contribution in [0.3, 0.4) is 0 Å². The summed E-state index contributed by atoms with van der Waals surface area (Å²) in [6.45, 7) is 12.1. The average molecular weight is 234 g/mol. The fourth-order valence-electron chi connectivity index (χ4n) is 2.08. The fourth-order valence-corrected chi connectivity index (χ4v) is 2.08. The van der Waals surface area contributed by atoms with Crippen molar-refractivity contribution in [1.29, 1.82) is 0 Å². The van der Waals surface area contributed by atoms with Crippen LogP contribution in [0.15, 0.2) is 18.2 Å². The zero-order chi connectivity index (χ0) is 12.8. The van der Waals surface area contributed by atoms with Crippen LogP contribution in [-0.4, -0.2) is 31.6 Å². The lowest BCUT2D eigenvalue weighted by Gasteiger charge is -2.25. The van der Waals surface area contributed by atoms with Crippen LogP contribution >= 0.6 is 0 Å². The van der Waals surface area contributed by atoms with Crippen molar-refractivity contribution in [2.75, 3.05) is 26.7 Å². The minimum Gasteiger partial charge on any atom is -0.312 e. The molecule has 0 amide bonds. The van der Waals surface area contributed by atoms with E-state index in [0.29, 0.717) is 6.04 Å². The SMILES string of the molecule is CCN(CC)CC(NC)c1ccc(C)c(C)c1. The number of likely N-dealkylation sites (N-methyl/N-ethyl adjacent to an activating group) is 2. The lowest BCUT2D eigenvalue weighted by atomic mass is 10.0. The van der Waals surface area contributed by atoms with E-state index < -0.39 is 0 Å². The molecule has 2 nitrogen and oxygen atoms in total. The molecule has 0 spiro atoms. The molecule has 1 unspecified atom stereocenters. The van der Waals surface area contributed by atoms with Crippen molar-refractivity contribution in [3.63, 3.8) is 0 Å². The molecule has 1 atom stereocenters. The molecule has 0 aromatic heterocycles. The maximum absolute atomic E-state index is 3.42. The molecule has 0 radical (unpaired) electrons. The van der Waals surface area contributed by atoms with Crippen molar-refractivity contribution in [3.8, 4) is 0 Å². The first-order chi connectivity index (χ1) is 8.12. The largest absolute Gasteiger partial charge is 0.312 e. The van der Waals surface area contributed by atoms with Gasteiger partial charge in [-0.15, -0.1) is 0 Å². The number of benzene rings is 1. The summed E-state index contributed by atoms with van der Waals surface area (Å²) in [5, 5.41) is 3.42. The number of aryl methyl sites for hydroxylation is 2. The van der Waals surface area contributed by atoms with Gasteiger partial charge < -0.3 is 10.2 Å². The van der Waals surface area contributed by atoms with Crippen LogP contribution in [0.2, 0.25) is 0 Å². The van der Waals surface area contributed by atoms with Crippen molar-refractivity contribution in [3.05, 3.63) is 34.9 Å². The molecule has 0 heterocycles. The van der Waals surface area contributed by atoms with Crippen LogP contribution < -0.4 is 5.32 Å². The fraction of sp³-hybridized carbons (Fsp3) is 0.600. The molecule has 1 aromatic rings. The molecule has 0 saturated heterocycles. The topological polar surface area (TPSA) is 15.3 Å². The lowest BCUT2D eigenvalue weighted by Crippen LogP contribution is -2.33. The van der Waals surface area contributed by atoms with Gasteiger partial charge in [0.1, 0.15) is 0 Å². The molecule has 1 aromatic carbocycles. The molecule has 96 valence electrons. The average Bonchev–Trinajstić information content (AvgIpc) is 2.35. The van der Waals surface area contributed by atoms with Gasteiger partial charge in [0.15, 0.2) is 0 Å². The van der Waals surface area contributed by atoms with Crippen LogP contribution in [0.4, 0.5) is 0 Å². The van der Waals surface area contributed by atoms with Gasteiger partial charge in [0.25, 0.3) is 0 Å². The van der Waals surface area contributed by atoms with Crippen molar-refractivity contribution in [1.82, 2.24) is 10.2 Å². The second kappa shape index (κ2) is 6.77. The van der Waals surface area contributed by atoms with Crippen LogP contribution in [0.25, 0.3) is 0 Å². The third kappa shape index (κ3) is 3.83. The third-order valence-corrected chi connectivity index (χ3v) is 3.62. The molecule has 0 bridgehead atoms. The van der Waals surface area contributed by atoms with Crippen LogP contribution in [-0.2, 0) is 0 Å². The molecule has 0 fully saturated rings. The van der Waals surface area contributed by atoms with Crippen molar-refractivity contribution >= 4 is 0 Å². The Morgan fingerprint density at radius 3 is 2.24 bits per heavy atom. The molecule has 0 saturated carbocycles. The summed E-state index contributed by atoms with van der Waals surface area (Å²) in [5.74, 6) is 0. The molecule has 1 rings (SSSR count). The van der Waals surface area contributed by atoms with E-state index in [9.17, 15) is 0 Å². The quantitative estimate of drug-likeness (QED) is 0.814. The molecule has 2 heteroatoms. The van der Waals surface area contributed by atoms with Gasteiger partial charge >= 0.3 is 0 Å². The summed E-state index contributed by atoms with van der Waals surface area (Å²) in [4.78, 5) is 2.45. The summed E-state index contributed by atoms with van der Waals surface area (Å²) < 4.78 is 0. The Bertz CT molecular complexity index is 343. The number of nitrogens with one attached hydrogen (secondary N) is 1. The summed E-state index contributed by atoms with van der Waals surface area (Å²) in [5.41, 5.74) is 4.14. The first kappa shape index (κ1) is 14.2. The second-order valence-electron chi connectivity index (χ2n) is 4.67. The maximum atomic E-state index is 3.42. The van der Waals surface area contributed by atoms with Gasteiger partial charge in [-0.05, 0) is 50.7 Å². The zero-order valence-electron chi connectivity index (χ0n) is 11.9. The molecule has 17 heavy (non-hydrogen) atoms. The molecule has 0 aliphatic heterocycles. The van der Waals surface area contributed by atoms with Crippen LogP contribution in [0.1, 0.15) is 36.6 Å². The van der Waals surface area contributed by atoms with Gasteiger partial charge in [-0.1, -0.05) is 32.0 Å². The summed E-state index contributed by atoms with van der Waals surface area (Å²) in [6, 6.07) is 7.19. The van der Waals surface area contributed by atoms with Crippen LogP contribution in [0, 0.1) is 13.8 Å². The first-order valence-corrected chi connectivity index (χ1v) is 6.59. The predicted molar refractivity (Wildman–Crippen MR) is 75.5 cm³/mol. The molecule has 0 aliphatic carbocycles. The highest BCUT2D eigenvalue weighted by atomic mass is 15.1. The number of hydrogen-bond acceptors (Lipinski definition) is 2. The maximum Gasteiger partial charge on any atom is 0.0446 e. The minimum absolute atomic E-state index is 0.425. The van der Waals surface area contributed by atoms with Crippen molar-refractivity contribution in [2.24, 2.45) is 0 Å². The first-order valence-electron chi connectivity index (χ1n) is 6.59. The van der Waals surface area contributed by atoms with Crippen molar-refractivity contribution < 1.29 is 0 Å². The van der Waals surface area contributed by atoms with E-state index in [4.69, 9.17) is 0 Å². The Hall–Kier alpha value is -0.860. The van der Waals surface area contributed by atoms with Gasteiger partial charge in [-0.2, -0.15) is 0 Å². The normalized spacial score (nSPS) is 13.1. The van der Waals surface area contributed by atoms with Crippen molar-refractivity contribution in [2.45, 2.75) is 33.7 Å². The Morgan fingerprint density at radius 1 is 1.12 bits per heavy atom. The summed E-state index contributed by atoms with van der Waals surface area (Å²) in [7, 11) is 2.04. The van der Waals surface area contributed by atoms with E-state index in [1.165, 1.54) is 16.7 Å². The second-order valence-corrected chi connectivity index (χ2v) is 4.67. The van der Waals surface area contributed by atoms with Gasteiger partial charge in [0, 0.05) is 12.6 Å². The predicted octanol–water partition coefficient (Wildman–Crippen LogP) is 2.91. The monoisotopic (exact) mass is 234 g/mol. The number of nitrogens with zero attached hydrogens (tertiary/aromatic N) is 1. The van der Waals surface area contributed by atoms with E-state index in [0.717, 1.165) is 19.6 Å². The Labute approximate surface area is 106 Å². The highest BCUT2D eigenvalue weighted by molar-refractivity contribution is 5.31. The van der Waals surface area contributed by atoms with Gasteiger partial charge in [0.05, 0.1) is 0 Å². The van der Waals surface area contributed by atoms with Gasteiger partial charge in [0.2, 0.25) is 0 Å². The lowest BCUT2D eigenvalue weighted by molar-refractivity contribution is 0.271. The van der Waals surface area contributed by atoms with E-state index in [1.54, 1.807) is 0 Å². The number of hydrogen-bond donors (Lipinski definition) is 1. The van der Waals surface area contributed by atoms with Gasteiger partial charge in [-0.25, -0.2) is 0 Å². The van der Waals surface area contributed by atoms with Crippen LogP contribution in [0.5, 0.6) is 0 Å². The smallest absolute Gasteiger partial charge is 0.0446 e. The Kier molecular flexibility index (Phi) is 5.66. The molecular weight excluding hydrogens is 208 g/mol. The molecular formula is C15H26N2. The number of rotatable bonds is 6. The van der Waals surface area contributed by atoms with E-state index >= 15 is 0 Å². The Balaban J connectivity index is 2.82. The van der Waals surface area contributed by atoms with E-state index in [1.807, 2.05) is 7.05 Å². The Morgan fingerprint density at radius 2 is 1.76 bits per heavy atom. The zero-order valence-corrected chi connectivity index (χ0v) is 11.9. The molecule has 1 N–H and O–H groups in total. The minimum atomic E-state index is 0.425. The molecule has 0 aliphatic rings. The summed E-state index contributed by atoms with van der Waals surface area (Å²) >= 11 is 0. The van der Waals surface area contributed by atoms with Gasteiger partial charge in [-0.3, -0.25) is 0 Å². The highest BCUT2D eigenvalue weighted by Crippen LogP contribution is 2.18. The van der Waals surface area contributed by atoms with E-state index in [2.05, 4.69) is 56.1 Å².